The maximum Gasteiger partial charge on any atom is 0.273 e. The molecular weight excluding hydrogens is 339 g/mol. The zero-order chi connectivity index (χ0) is 18.5. The molecule has 0 fully saturated rings. The highest BCUT2D eigenvalue weighted by Crippen LogP contribution is 2.18. The van der Waals surface area contributed by atoms with Crippen LogP contribution in [0.1, 0.15) is 11.1 Å². The molecular formula is C18H15FN4O3. The van der Waals surface area contributed by atoms with Crippen molar-refractivity contribution >= 4 is 17.3 Å². The highest BCUT2D eigenvalue weighted by molar-refractivity contribution is 5.92. The van der Waals surface area contributed by atoms with Gasteiger partial charge < -0.3 is 5.32 Å². The Morgan fingerprint density at radius 2 is 1.92 bits per heavy atom. The van der Waals surface area contributed by atoms with E-state index in [1.807, 2.05) is 0 Å². The van der Waals surface area contributed by atoms with Gasteiger partial charge in [-0.05, 0) is 17.7 Å². The SMILES string of the molecule is O=C(Cc1ccccc1[N+](=O)[O-])Nc1cnn(Cc2ccc(F)cc2)c1. The number of nitrogens with zero attached hydrogens (tertiary/aromatic N) is 3. The second kappa shape index (κ2) is 7.56. The summed E-state index contributed by atoms with van der Waals surface area (Å²) >= 11 is 0. The van der Waals surface area contributed by atoms with E-state index < -0.39 is 4.92 Å². The molecule has 0 saturated heterocycles. The topological polar surface area (TPSA) is 90.1 Å². The second-order valence-corrected chi connectivity index (χ2v) is 5.66. The Hall–Kier alpha value is -3.55. The maximum atomic E-state index is 12.9. The third kappa shape index (κ3) is 4.29. The van der Waals surface area contributed by atoms with Crippen molar-refractivity contribution in [1.82, 2.24) is 9.78 Å². The molecule has 1 amide bonds. The van der Waals surface area contributed by atoms with Crippen molar-refractivity contribution in [3.05, 3.63) is 88.0 Å². The number of aromatic nitrogens is 2. The summed E-state index contributed by atoms with van der Waals surface area (Å²) in [6, 6.07) is 12.2. The van der Waals surface area contributed by atoms with Crippen LogP contribution in [0.4, 0.5) is 15.8 Å². The molecule has 0 spiro atoms. The number of nitrogens with one attached hydrogen (secondary N) is 1. The smallest absolute Gasteiger partial charge is 0.273 e. The van der Waals surface area contributed by atoms with Gasteiger partial charge in [0.05, 0.1) is 29.8 Å². The molecule has 0 radical (unpaired) electrons. The van der Waals surface area contributed by atoms with Crippen LogP contribution in [0, 0.1) is 15.9 Å². The highest BCUT2D eigenvalue weighted by atomic mass is 19.1. The largest absolute Gasteiger partial charge is 0.323 e. The quantitative estimate of drug-likeness (QED) is 0.544. The standard InChI is InChI=1S/C18H15FN4O3/c19-15-7-5-13(6-8-15)11-22-12-16(10-20-22)21-18(24)9-14-3-1-2-4-17(14)23(25)26/h1-8,10,12H,9,11H2,(H,21,24). The maximum absolute atomic E-state index is 12.9. The normalized spacial score (nSPS) is 10.5. The number of hydrogen-bond acceptors (Lipinski definition) is 4. The van der Waals surface area contributed by atoms with Crippen LogP contribution >= 0.6 is 0 Å². The van der Waals surface area contributed by atoms with Crippen LogP contribution in [0.5, 0.6) is 0 Å². The lowest BCUT2D eigenvalue weighted by Crippen LogP contribution is -2.14. The Morgan fingerprint density at radius 1 is 1.19 bits per heavy atom. The molecule has 7 nitrogen and oxygen atoms in total. The molecule has 3 aromatic rings. The average molecular weight is 354 g/mol. The number of para-hydroxylation sites is 1. The van der Waals surface area contributed by atoms with Gasteiger partial charge in [0.2, 0.25) is 5.91 Å². The number of nitro groups is 1. The summed E-state index contributed by atoms with van der Waals surface area (Å²) in [5.41, 5.74) is 1.60. The molecule has 0 bridgehead atoms. The molecule has 2 aromatic carbocycles. The number of nitro benzene ring substituents is 1. The Bertz CT molecular complexity index is 938. The summed E-state index contributed by atoms with van der Waals surface area (Å²) < 4.78 is 14.5. The van der Waals surface area contributed by atoms with Gasteiger partial charge in [0.1, 0.15) is 5.82 Å². The first-order valence-corrected chi connectivity index (χ1v) is 7.80. The van der Waals surface area contributed by atoms with Gasteiger partial charge in [-0.3, -0.25) is 19.6 Å². The zero-order valence-corrected chi connectivity index (χ0v) is 13.6. The first-order valence-electron chi connectivity index (χ1n) is 7.80. The van der Waals surface area contributed by atoms with Crippen LogP contribution in [-0.4, -0.2) is 20.6 Å². The van der Waals surface area contributed by atoms with E-state index in [4.69, 9.17) is 0 Å². The number of halogens is 1. The van der Waals surface area contributed by atoms with E-state index in [-0.39, 0.29) is 23.8 Å². The fourth-order valence-corrected chi connectivity index (χ4v) is 2.51. The molecule has 0 aliphatic carbocycles. The van der Waals surface area contributed by atoms with Crippen LogP contribution in [0.3, 0.4) is 0 Å². The van der Waals surface area contributed by atoms with Crippen molar-refractivity contribution in [2.24, 2.45) is 0 Å². The third-order valence-electron chi connectivity index (χ3n) is 3.71. The average Bonchev–Trinajstić information content (AvgIpc) is 3.04. The fraction of sp³-hybridized carbons (Fsp3) is 0.111. The molecule has 1 N–H and O–H groups in total. The molecule has 0 atom stereocenters. The lowest BCUT2D eigenvalue weighted by molar-refractivity contribution is -0.385. The second-order valence-electron chi connectivity index (χ2n) is 5.66. The zero-order valence-electron chi connectivity index (χ0n) is 13.6. The summed E-state index contributed by atoms with van der Waals surface area (Å²) in [5, 5.41) is 17.8. The molecule has 0 saturated carbocycles. The molecule has 0 aliphatic heterocycles. The number of carbonyl (C=O) groups excluding carboxylic acids is 1. The summed E-state index contributed by atoms with van der Waals surface area (Å²) in [4.78, 5) is 22.6. The van der Waals surface area contributed by atoms with Crippen molar-refractivity contribution in [3.63, 3.8) is 0 Å². The summed E-state index contributed by atoms with van der Waals surface area (Å²) in [7, 11) is 0. The lowest BCUT2D eigenvalue weighted by Gasteiger charge is -2.04. The molecule has 3 rings (SSSR count). The summed E-state index contributed by atoms with van der Waals surface area (Å²) in [6.07, 6.45) is 3.02. The van der Waals surface area contributed by atoms with Crippen LogP contribution in [0.2, 0.25) is 0 Å². The molecule has 8 heteroatoms. The molecule has 1 heterocycles. The van der Waals surface area contributed by atoms with Crippen LogP contribution in [0.15, 0.2) is 60.9 Å². The predicted octanol–water partition coefficient (Wildman–Crippen LogP) is 3.16. The number of anilines is 1. The van der Waals surface area contributed by atoms with E-state index in [0.29, 0.717) is 17.8 Å². The molecule has 132 valence electrons. The van der Waals surface area contributed by atoms with E-state index in [1.165, 1.54) is 24.4 Å². The Labute approximate surface area is 148 Å². The molecule has 0 unspecified atom stereocenters. The summed E-state index contributed by atoms with van der Waals surface area (Å²) in [5.74, 6) is -0.683. The first-order chi connectivity index (χ1) is 12.5. The highest BCUT2D eigenvalue weighted by Gasteiger charge is 2.15. The number of hydrogen-bond donors (Lipinski definition) is 1. The number of rotatable bonds is 6. The summed E-state index contributed by atoms with van der Waals surface area (Å²) in [6.45, 7) is 0.431. The van der Waals surface area contributed by atoms with Gasteiger partial charge in [-0.15, -0.1) is 0 Å². The van der Waals surface area contributed by atoms with Crippen LogP contribution < -0.4 is 5.32 Å². The van der Waals surface area contributed by atoms with Gasteiger partial charge >= 0.3 is 0 Å². The van der Waals surface area contributed by atoms with Crippen LogP contribution in [-0.2, 0) is 17.8 Å². The van der Waals surface area contributed by atoms with Crippen molar-refractivity contribution in [3.8, 4) is 0 Å². The predicted molar refractivity (Wildman–Crippen MR) is 93.2 cm³/mol. The van der Waals surface area contributed by atoms with E-state index in [1.54, 1.807) is 41.2 Å². The van der Waals surface area contributed by atoms with E-state index in [2.05, 4.69) is 10.4 Å². The minimum Gasteiger partial charge on any atom is -0.323 e. The van der Waals surface area contributed by atoms with Gasteiger partial charge in [-0.25, -0.2) is 4.39 Å². The van der Waals surface area contributed by atoms with Crippen molar-refractivity contribution in [1.29, 1.82) is 0 Å². The molecule has 26 heavy (non-hydrogen) atoms. The Morgan fingerprint density at radius 3 is 2.65 bits per heavy atom. The molecule has 0 aliphatic rings. The number of benzene rings is 2. The van der Waals surface area contributed by atoms with Gasteiger partial charge in [-0.2, -0.15) is 5.10 Å². The van der Waals surface area contributed by atoms with E-state index in [9.17, 15) is 19.3 Å². The minimum absolute atomic E-state index is 0.0883. The lowest BCUT2D eigenvalue weighted by atomic mass is 10.1. The van der Waals surface area contributed by atoms with Gasteiger partial charge in [0, 0.05) is 17.8 Å². The third-order valence-corrected chi connectivity index (χ3v) is 3.71. The number of carbonyl (C=O) groups is 1. The Kier molecular flexibility index (Phi) is 5.02. The number of amides is 1. The van der Waals surface area contributed by atoms with E-state index in [0.717, 1.165) is 5.56 Å². The van der Waals surface area contributed by atoms with Crippen molar-refractivity contribution in [2.75, 3.05) is 5.32 Å². The Balaban J connectivity index is 1.63. The van der Waals surface area contributed by atoms with Crippen molar-refractivity contribution in [2.45, 2.75) is 13.0 Å². The van der Waals surface area contributed by atoms with Gasteiger partial charge in [0.15, 0.2) is 0 Å². The minimum atomic E-state index is -0.511. The first kappa shape index (κ1) is 17.3. The molecule has 1 aromatic heterocycles. The van der Waals surface area contributed by atoms with Gasteiger partial charge in [0.25, 0.3) is 5.69 Å². The fourth-order valence-electron chi connectivity index (χ4n) is 2.51. The van der Waals surface area contributed by atoms with E-state index >= 15 is 0 Å². The van der Waals surface area contributed by atoms with Crippen molar-refractivity contribution < 1.29 is 14.1 Å². The van der Waals surface area contributed by atoms with Gasteiger partial charge in [-0.1, -0.05) is 30.3 Å². The monoisotopic (exact) mass is 354 g/mol. The van der Waals surface area contributed by atoms with Crippen LogP contribution in [0.25, 0.3) is 0 Å².